The first-order valence-corrected chi connectivity index (χ1v) is 14.0. The summed E-state index contributed by atoms with van der Waals surface area (Å²) in [6.07, 6.45) is 1.44. The van der Waals surface area contributed by atoms with Gasteiger partial charge in [0.2, 0.25) is 0 Å². The van der Waals surface area contributed by atoms with E-state index in [2.05, 4.69) is 10.5 Å². The van der Waals surface area contributed by atoms with Gasteiger partial charge in [0.15, 0.2) is 18.1 Å². The molecule has 0 atom stereocenters. The van der Waals surface area contributed by atoms with Crippen LogP contribution in [0.25, 0.3) is 10.1 Å². The van der Waals surface area contributed by atoms with Crippen molar-refractivity contribution in [1.29, 1.82) is 0 Å². The highest BCUT2D eigenvalue weighted by atomic mass is 35.5. The van der Waals surface area contributed by atoms with Crippen LogP contribution in [0.4, 0.5) is 0 Å². The van der Waals surface area contributed by atoms with Gasteiger partial charge < -0.3 is 18.9 Å². The molecular weight excluding hydrogens is 576 g/mol. The van der Waals surface area contributed by atoms with Crippen LogP contribution in [0.3, 0.4) is 0 Å². The SMILES string of the molecule is COc1cc(C=NNC(=O)COc2ccc(OCc3ccccc3)cc2)ccc1OC(=O)c1sc2ccccc2c1Cl. The normalized spacial score (nSPS) is 10.9. The van der Waals surface area contributed by atoms with Crippen molar-refractivity contribution in [3.8, 4) is 23.0 Å². The third-order valence-electron chi connectivity index (χ3n) is 5.96. The van der Waals surface area contributed by atoms with Crippen molar-refractivity contribution in [2.24, 2.45) is 5.10 Å². The van der Waals surface area contributed by atoms with Gasteiger partial charge in [-0.3, -0.25) is 4.79 Å². The molecule has 5 aromatic rings. The number of nitrogens with zero attached hydrogens (tertiary/aromatic N) is 1. The van der Waals surface area contributed by atoms with E-state index < -0.39 is 11.9 Å². The Morgan fingerprint density at radius 2 is 1.60 bits per heavy atom. The Hall–Kier alpha value is -4.86. The number of esters is 1. The van der Waals surface area contributed by atoms with E-state index in [9.17, 15) is 9.59 Å². The topological polar surface area (TPSA) is 95.5 Å². The van der Waals surface area contributed by atoms with Crippen molar-refractivity contribution in [1.82, 2.24) is 5.43 Å². The van der Waals surface area contributed by atoms with E-state index in [1.807, 2.05) is 54.6 Å². The van der Waals surface area contributed by atoms with E-state index in [-0.39, 0.29) is 12.4 Å². The molecule has 8 nitrogen and oxygen atoms in total. The minimum Gasteiger partial charge on any atom is -0.493 e. The molecule has 1 heterocycles. The maximum Gasteiger partial charge on any atom is 0.355 e. The van der Waals surface area contributed by atoms with Crippen molar-refractivity contribution < 1.29 is 28.5 Å². The zero-order valence-corrected chi connectivity index (χ0v) is 24.0. The number of rotatable bonds is 11. The van der Waals surface area contributed by atoms with Crippen LogP contribution in [0.5, 0.6) is 23.0 Å². The second kappa shape index (κ2) is 13.7. The number of ether oxygens (including phenoxy) is 4. The molecule has 0 aliphatic carbocycles. The van der Waals surface area contributed by atoms with E-state index >= 15 is 0 Å². The molecule has 0 spiro atoms. The maximum atomic E-state index is 12.8. The second-order valence-electron chi connectivity index (χ2n) is 8.87. The summed E-state index contributed by atoms with van der Waals surface area (Å²) < 4.78 is 23.1. The molecule has 1 N–H and O–H groups in total. The van der Waals surface area contributed by atoms with Gasteiger partial charge >= 0.3 is 5.97 Å². The van der Waals surface area contributed by atoms with Crippen molar-refractivity contribution >= 4 is 51.1 Å². The van der Waals surface area contributed by atoms with Gasteiger partial charge in [-0.15, -0.1) is 11.3 Å². The standard InChI is InChI=1S/C32H25ClN2O6S/c1-38-27-17-22(11-16-26(27)41-32(37)31-30(33)25-9-5-6-10-28(25)42-31)18-34-35-29(36)20-40-24-14-12-23(13-15-24)39-19-21-7-3-2-4-8-21/h2-18H,19-20H2,1H3,(H,35,36). The van der Waals surface area contributed by atoms with Gasteiger partial charge in [0.05, 0.1) is 18.3 Å². The molecule has 0 aliphatic rings. The van der Waals surface area contributed by atoms with Gasteiger partial charge in [-0.2, -0.15) is 5.10 Å². The summed E-state index contributed by atoms with van der Waals surface area (Å²) in [5, 5.41) is 5.12. The molecule has 0 radical (unpaired) electrons. The fourth-order valence-electron chi connectivity index (χ4n) is 3.87. The first-order valence-electron chi connectivity index (χ1n) is 12.8. The van der Waals surface area contributed by atoms with Crippen LogP contribution < -0.4 is 24.4 Å². The molecule has 0 bridgehead atoms. The Morgan fingerprint density at radius 3 is 2.33 bits per heavy atom. The van der Waals surface area contributed by atoms with Crippen LogP contribution in [0.15, 0.2) is 102 Å². The predicted molar refractivity (Wildman–Crippen MR) is 163 cm³/mol. The molecule has 10 heteroatoms. The number of hydrogen-bond acceptors (Lipinski definition) is 8. The number of hydrogen-bond donors (Lipinski definition) is 1. The van der Waals surface area contributed by atoms with Gasteiger partial charge in [-0.1, -0.05) is 60.1 Å². The van der Waals surface area contributed by atoms with E-state index in [4.69, 9.17) is 30.5 Å². The molecule has 1 aromatic heterocycles. The molecule has 0 aliphatic heterocycles. The third kappa shape index (κ3) is 7.25. The highest BCUT2D eigenvalue weighted by Gasteiger charge is 2.20. The monoisotopic (exact) mass is 600 g/mol. The van der Waals surface area contributed by atoms with Crippen molar-refractivity contribution in [2.45, 2.75) is 6.61 Å². The van der Waals surface area contributed by atoms with Crippen LogP contribution in [0.1, 0.15) is 20.8 Å². The Kier molecular flexibility index (Phi) is 9.33. The van der Waals surface area contributed by atoms with Crippen LogP contribution in [0, 0.1) is 0 Å². The number of nitrogens with one attached hydrogen (secondary N) is 1. The van der Waals surface area contributed by atoms with E-state index in [1.165, 1.54) is 24.7 Å². The number of thiophene rings is 1. The molecule has 0 saturated carbocycles. The second-order valence-corrected chi connectivity index (χ2v) is 10.3. The summed E-state index contributed by atoms with van der Waals surface area (Å²) in [4.78, 5) is 25.3. The number of carbonyl (C=O) groups excluding carboxylic acids is 2. The lowest BCUT2D eigenvalue weighted by Crippen LogP contribution is -2.24. The Morgan fingerprint density at radius 1 is 0.881 bits per heavy atom. The number of carbonyl (C=O) groups is 2. The minimum atomic E-state index is -0.581. The van der Waals surface area contributed by atoms with Gasteiger partial charge in [0.1, 0.15) is 23.0 Å². The number of benzene rings is 4. The maximum absolute atomic E-state index is 12.8. The fourth-order valence-corrected chi connectivity index (χ4v) is 5.26. The zero-order chi connectivity index (χ0) is 29.3. The lowest BCUT2D eigenvalue weighted by Gasteiger charge is -2.09. The molecule has 0 saturated heterocycles. The summed E-state index contributed by atoms with van der Waals surface area (Å²) in [7, 11) is 1.46. The summed E-state index contributed by atoms with van der Waals surface area (Å²) in [5.41, 5.74) is 4.10. The van der Waals surface area contributed by atoms with Crippen LogP contribution >= 0.6 is 22.9 Å². The third-order valence-corrected chi connectivity index (χ3v) is 7.61. The van der Waals surface area contributed by atoms with E-state index in [0.29, 0.717) is 39.3 Å². The number of hydrazone groups is 1. The number of amides is 1. The van der Waals surface area contributed by atoms with Crippen molar-refractivity contribution in [2.75, 3.05) is 13.7 Å². The van der Waals surface area contributed by atoms with Crippen LogP contribution in [-0.2, 0) is 11.4 Å². The Labute approximate surface area is 251 Å². The lowest BCUT2D eigenvalue weighted by molar-refractivity contribution is -0.123. The molecule has 212 valence electrons. The number of fused-ring (bicyclic) bond motifs is 1. The Balaban J connectivity index is 1.10. The molecular formula is C32H25ClN2O6S. The van der Waals surface area contributed by atoms with Crippen molar-refractivity contribution in [3.63, 3.8) is 0 Å². The highest BCUT2D eigenvalue weighted by molar-refractivity contribution is 7.21. The predicted octanol–water partition coefficient (Wildman–Crippen LogP) is 6.89. The summed E-state index contributed by atoms with van der Waals surface area (Å²) in [5.74, 6) is 0.738. The van der Waals surface area contributed by atoms with Crippen LogP contribution in [-0.4, -0.2) is 31.8 Å². The average molecular weight is 601 g/mol. The Bertz CT molecular complexity index is 1720. The van der Waals surface area contributed by atoms with Gasteiger partial charge in [0.25, 0.3) is 5.91 Å². The smallest absolute Gasteiger partial charge is 0.355 e. The molecule has 42 heavy (non-hydrogen) atoms. The van der Waals surface area contributed by atoms with Gasteiger partial charge in [0, 0.05) is 10.1 Å². The largest absolute Gasteiger partial charge is 0.493 e. The first kappa shape index (κ1) is 28.7. The molecule has 4 aromatic carbocycles. The van der Waals surface area contributed by atoms with E-state index in [1.54, 1.807) is 42.5 Å². The average Bonchev–Trinajstić information content (AvgIpc) is 3.37. The molecule has 0 unspecified atom stereocenters. The van der Waals surface area contributed by atoms with Crippen LogP contribution in [0.2, 0.25) is 5.02 Å². The fraction of sp³-hybridized carbons (Fsp3) is 0.0938. The summed E-state index contributed by atoms with van der Waals surface area (Å²) in [6.45, 7) is 0.239. The highest BCUT2D eigenvalue weighted by Crippen LogP contribution is 2.37. The van der Waals surface area contributed by atoms with E-state index in [0.717, 1.165) is 15.6 Å². The minimum absolute atomic E-state index is 0.222. The number of methoxy groups -OCH3 is 1. The van der Waals surface area contributed by atoms with Gasteiger partial charge in [-0.05, 0) is 59.7 Å². The molecule has 0 fully saturated rings. The molecule has 1 amide bonds. The lowest BCUT2D eigenvalue weighted by atomic mass is 10.2. The zero-order valence-electron chi connectivity index (χ0n) is 22.4. The van der Waals surface area contributed by atoms with Gasteiger partial charge in [-0.25, -0.2) is 10.2 Å². The molecule has 5 rings (SSSR count). The van der Waals surface area contributed by atoms with Crippen molar-refractivity contribution in [3.05, 3.63) is 118 Å². The summed E-state index contributed by atoms with van der Waals surface area (Å²) in [6, 6.07) is 29.2. The first-order chi connectivity index (χ1) is 20.5. The number of halogens is 1. The quantitative estimate of drug-likeness (QED) is 0.0768. The summed E-state index contributed by atoms with van der Waals surface area (Å²) >= 11 is 7.67.